The minimum atomic E-state index is 0.870. The maximum atomic E-state index is 3.66. The van der Waals surface area contributed by atoms with Gasteiger partial charge in [0.25, 0.3) is 0 Å². The third-order valence-corrected chi connectivity index (χ3v) is 4.86. The van der Waals surface area contributed by atoms with Gasteiger partial charge in [0.2, 0.25) is 0 Å². The topological polar surface area (TPSA) is 18.5 Å². The van der Waals surface area contributed by atoms with Crippen LogP contribution in [0.25, 0.3) is 0 Å². The average Bonchev–Trinajstić information content (AvgIpc) is 2.90. The number of nitrogens with zero attached hydrogens (tertiary/aromatic N) is 2. The first-order chi connectivity index (χ1) is 8.75. The molecule has 106 valence electrons. The van der Waals surface area contributed by atoms with Gasteiger partial charge in [-0.1, -0.05) is 12.8 Å². The van der Waals surface area contributed by atoms with Crippen LogP contribution in [0.1, 0.15) is 38.5 Å². The third kappa shape index (κ3) is 4.52. The molecule has 1 aliphatic carbocycles. The molecule has 1 saturated carbocycles. The van der Waals surface area contributed by atoms with E-state index in [2.05, 4.69) is 29.2 Å². The number of likely N-dealkylation sites (tertiary alicyclic amines) is 1. The minimum Gasteiger partial charge on any atom is -0.315 e. The normalized spacial score (nSPS) is 24.2. The molecule has 0 bridgehead atoms. The van der Waals surface area contributed by atoms with E-state index in [9.17, 15) is 0 Å². The van der Waals surface area contributed by atoms with Crippen LogP contribution >= 0.6 is 0 Å². The van der Waals surface area contributed by atoms with Crippen molar-refractivity contribution < 1.29 is 0 Å². The van der Waals surface area contributed by atoms with Crippen molar-refractivity contribution >= 4 is 0 Å². The molecule has 0 atom stereocenters. The maximum Gasteiger partial charge on any atom is 0.0107 e. The lowest BCUT2D eigenvalue weighted by atomic mass is 9.97. The summed E-state index contributed by atoms with van der Waals surface area (Å²) in [5.74, 6) is 0.915. The molecule has 0 aromatic carbocycles. The molecular weight excluding hydrogens is 222 g/mol. The highest BCUT2D eigenvalue weighted by Crippen LogP contribution is 2.21. The molecule has 2 fully saturated rings. The van der Waals surface area contributed by atoms with Gasteiger partial charge in [0.15, 0.2) is 0 Å². The zero-order valence-electron chi connectivity index (χ0n) is 12.3. The van der Waals surface area contributed by atoms with E-state index in [0.29, 0.717) is 0 Å². The summed E-state index contributed by atoms with van der Waals surface area (Å²) in [6, 6.07) is 0.870. The van der Waals surface area contributed by atoms with Crippen LogP contribution in [0.3, 0.4) is 0 Å². The lowest BCUT2D eigenvalue weighted by Gasteiger charge is -2.29. The van der Waals surface area contributed by atoms with Crippen molar-refractivity contribution in [2.24, 2.45) is 5.92 Å². The zero-order valence-corrected chi connectivity index (χ0v) is 12.3. The number of hydrogen-bond donors (Lipinski definition) is 1. The summed E-state index contributed by atoms with van der Waals surface area (Å²) >= 11 is 0. The third-order valence-electron chi connectivity index (χ3n) is 4.86. The van der Waals surface area contributed by atoms with E-state index in [-0.39, 0.29) is 0 Å². The predicted octanol–water partition coefficient (Wildman–Crippen LogP) is 1.79. The highest BCUT2D eigenvalue weighted by molar-refractivity contribution is 4.76. The van der Waals surface area contributed by atoms with Crippen molar-refractivity contribution in [2.75, 3.05) is 46.8 Å². The fraction of sp³-hybridized carbons (Fsp3) is 1.00. The zero-order chi connectivity index (χ0) is 12.8. The first kappa shape index (κ1) is 14.3. The summed E-state index contributed by atoms with van der Waals surface area (Å²) in [7, 11) is 4.54. The van der Waals surface area contributed by atoms with E-state index in [1.54, 1.807) is 0 Å². The van der Waals surface area contributed by atoms with E-state index >= 15 is 0 Å². The SMILES string of the molecule is CN1CCC(CNCCN(C)C2CCCC2)CC1. The van der Waals surface area contributed by atoms with Gasteiger partial charge in [-0.3, -0.25) is 0 Å². The van der Waals surface area contributed by atoms with Crippen molar-refractivity contribution in [1.29, 1.82) is 0 Å². The summed E-state index contributed by atoms with van der Waals surface area (Å²) in [5.41, 5.74) is 0. The molecule has 0 radical (unpaired) electrons. The first-order valence-electron chi connectivity index (χ1n) is 7.85. The number of piperidine rings is 1. The maximum absolute atomic E-state index is 3.66. The van der Waals surface area contributed by atoms with Gasteiger partial charge < -0.3 is 15.1 Å². The molecule has 0 unspecified atom stereocenters. The molecule has 0 spiro atoms. The van der Waals surface area contributed by atoms with Gasteiger partial charge in [-0.05, 0) is 65.3 Å². The summed E-state index contributed by atoms with van der Waals surface area (Å²) in [4.78, 5) is 5.01. The molecule has 3 heteroatoms. The Labute approximate surface area is 113 Å². The summed E-state index contributed by atoms with van der Waals surface area (Å²) in [6.45, 7) is 6.19. The summed E-state index contributed by atoms with van der Waals surface area (Å²) in [6.07, 6.45) is 8.48. The second kappa shape index (κ2) is 7.46. The van der Waals surface area contributed by atoms with Gasteiger partial charge in [0, 0.05) is 19.1 Å². The molecule has 1 saturated heterocycles. The Balaban J connectivity index is 1.50. The highest BCUT2D eigenvalue weighted by Gasteiger charge is 2.19. The van der Waals surface area contributed by atoms with E-state index < -0.39 is 0 Å². The highest BCUT2D eigenvalue weighted by atomic mass is 15.1. The molecule has 0 aromatic heterocycles. The molecule has 0 aromatic rings. The van der Waals surface area contributed by atoms with Crippen molar-refractivity contribution in [3.05, 3.63) is 0 Å². The van der Waals surface area contributed by atoms with Crippen LogP contribution in [0, 0.1) is 5.92 Å². The molecule has 3 nitrogen and oxygen atoms in total. The largest absolute Gasteiger partial charge is 0.315 e. The standard InChI is InChI=1S/C15H31N3/c1-17-10-7-14(8-11-17)13-16-9-12-18(2)15-5-3-4-6-15/h14-16H,3-13H2,1-2H3. The van der Waals surface area contributed by atoms with Gasteiger partial charge in [0.05, 0.1) is 0 Å². The van der Waals surface area contributed by atoms with E-state index in [1.807, 2.05) is 0 Å². The van der Waals surface area contributed by atoms with Crippen molar-refractivity contribution in [3.8, 4) is 0 Å². The Bertz CT molecular complexity index is 218. The number of likely N-dealkylation sites (N-methyl/N-ethyl adjacent to an activating group) is 1. The lowest BCUT2D eigenvalue weighted by molar-refractivity contribution is 0.209. The molecule has 1 N–H and O–H groups in total. The lowest BCUT2D eigenvalue weighted by Crippen LogP contribution is -2.39. The Morgan fingerprint density at radius 3 is 2.44 bits per heavy atom. The molecule has 2 aliphatic rings. The molecule has 0 amide bonds. The number of rotatable bonds is 6. The van der Waals surface area contributed by atoms with Gasteiger partial charge >= 0.3 is 0 Å². The molecule has 18 heavy (non-hydrogen) atoms. The first-order valence-corrected chi connectivity index (χ1v) is 7.85. The van der Waals surface area contributed by atoms with E-state index in [0.717, 1.165) is 12.0 Å². The Morgan fingerprint density at radius 2 is 1.78 bits per heavy atom. The van der Waals surface area contributed by atoms with Crippen LogP contribution < -0.4 is 5.32 Å². The van der Waals surface area contributed by atoms with Gasteiger partial charge in [0.1, 0.15) is 0 Å². The van der Waals surface area contributed by atoms with Crippen LogP contribution in [0.2, 0.25) is 0 Å². The van der Waals surface area contributed by atoms with Crippen LogP contribution in [-0.2, 0) is 0 Å². The quantitative estimate of drug-likeness (QED) is 0.728. The van der Waals surface area contributed by atoms with E-state index in [4.69, 9.17) is 0 Å². The van der Waals surface area contributed by atoms with Crippen LogP contribution in [-0.4, -0.2) is 62.7 Å². The Hall–Kier alpha value is -0.120. The van der Waals surface area contributed by atoms with Crippen molar-refractivity contribution in [1.82, 2.24) is 15.1 Å². The second-order valence-corrected chi connectivity index (χ2v) is 6.37. The minimum absolute atomic E-state index is 0.870. The predicted molar refractivity (Wildman–Crippen MR) is 78.0 cm³/mol. The summed E-state index contributed by atoms with van der Waals surface area (Å²) < 4.78 is 0. The van der Waals surface area contributed by atoms with Crippen molar-refractivity contribution in [2.45, 2.75) is 44.6 Å². The smallest absolute Gasteiger partial charge is 0.0107 e. The van der Waals surface area contributed by atoms with Gasteiger partial charge in [-0.25, -0.2) is 0 Å². The number of hydrogen-bond acceptors (Lipinski definition) is 3. The second-order valence-electron chi connectivity index (χ2n) is 6.37. The Morgan fingerprint density at radius 1 is 1.11 bits per heavy atom. The molecule has 2 rings (SSSR count). The molecular formula is C15H31N3. The fourth-order valence-electron chi connectivity index (χ4n) is 3.36. The van der Waals surface area contributed by atoms with E-state index in [1.165, 1.54) is 71.2 Å². The molecule has 1 heterocycles. The average molecular weight is 253 g/mol. The van der Waals surface area contributed by atoms with Crippen LogP contribution in [0.5, 0.6) is 0 Å². The summed E-state index contributed by atoms with van der Waals surface area (Å²) in [5, 5.41) is 3.66. The monoisotopic (exact) mass is 253 g/mol. The number of nitrogens with one attached hydrogen (secondary N) is 1. The van der Waals surface area contributed by atoms with Crippen LogP contribution in [0.15, 0.2) is 0 Å². The molecule has 1 aliphatic heterocycles. The van der Waals surface area contributed by atoms with Gasteiger partial charge in [-0.15, -0.1) is 0 Å². The van der Waals surface area contributed by atoms with Gasteiger partial charge in [-0.2, -0.15) is 0 Å². The van der Waals surface area contributed by atoms with Crippen LogP contribution in [0.4, 0.5) is 0 Å². The Kier molecular flexibility index (Phi) is 5.93. The van der Waals surface area contributed by atoms with Crippen molar-refractivity contribution in [3.63, 3.8) is 0 Å². The fourth-order valence-corrected chi connectivity index (χ4v) is 3.36.